The Labute approximate surface area is 154 Å². The number of nitrogens with zero attached hydrogens (tertiary/aromatic N) is 2. The fourth-order valence-electron chi connectivity index (χ4n) is 3.77. The van der Waals surface area contributed by atoms with Gasteiger partial charge in [0.15, 0.2) is 12.4 Å². The minimum absolute atomic E-state index is 0.137. The fraction of sp³-hybridized carbons (Fsp3) is 0.217. The maximum Gasteiger partial charge on any atom is 0.296 e. The van der Waals surface area contributed by atoms with Gasteiger partial charge in [-0.1, -0.05) is 48.5 Å². The second-order valence-electron chi connectivity index (χ2n) is 6.97. The Balaban J connectivity index is 1.64. The van der Waals surface area contributed by atoms with Crippen LogP contribution in [0, 0.1) is 0 Å². The lowest BCUT2D eigenvalue weighted by atomic mass is 10.1. The monoisotopic (exact) mass is 343 g/mol. The molecule has 0 bridgehead atoms. The molecule has 2 aromatic carbocycles. The van der Waals surface area contributed by atoms with E-state index >= 15 is 0 Å². The third kappa shape index (κ3) is 2.90. The number of hydrogen-bond acceptors (Lipinski definition) is 1. The summed E-state index contributed by atoms with van der Waals surface area (Å²) in [6.45, 7) is 4.10. The molecule has 4 rings (SSSR count). The van der Waals surface area contributed by atoms with Crippen LogP contribution in [0.4, 0.5) is 5.69 Å². The van der Waals surface area contributed by atoms with E-state index in [9.17, 15) is 4.79 Å². The van der Waals surface area contributed by atoms with Crippen LogP contribution in [-0.2, 0) is 11.2 Å². The Bertz CT molecular complexity index is 936. The highest BCUT2D eigenvalue weighted by atomic mass is 16.2. The van der Waals surface area contributed by atoms with Crippen LogP contribution in [0.3, 0.4) is 0 Å². The van der Waals surface area contributed by atoms with Gasteiger partial charge < -0.3 is 4.90 Å². The summed E-state index contributed by atoms with van der Waals surface area (Å²) in [7, 11) is 0. The highest BCUT2D eigenvalue weighted by Gasteiger charge is 2.36. The van der Waals surface area contributed by atoms with Gasteiger partial charge in [0.2, 0.25) is 6.04 Å². The maximum absolute atomic E-state index is 13.3. The van der Waals surface area contributed by atoms with Gasteiger partial charge in [0, 0.05) is 30.3 Å². The lowest BCUT2D eigenvalue weighted by molar-refractivity contribution is -0.705. The van der Waals surface area contributed by atoms with Crippen LogP contribution in [0.2, 0.25) is 0 Å². The van der Waals surface area contributed by atoms with Crippen molar-refractivity contribution in [1.29, 1.82) is 0 Å². The van der Waals surface area contributed by atoms with Gasteiger partial charge in [-0.3, -0.25) is 4.79 Å². The van der Waals surface area contributed by atoms with Gasteiger partial charge in [0.25, 0.3) is 5.91 Å². The number of rotatable bonds is 3. The van der Waals surface area contributed by atoms with Crippen LogP contribution < -0.4 is 9.47 Å². The zero-order valence-corrected chi connectivity index (χ0v) is 15.2. The van der Waals surface area contributed by atoms with Gasteiger partial charge in [-0.05, 0) is 36.6 Å². The Morgan fingerprint density at radius 1 is 1.00 bits per heavy atom. The lowest BCUT2D eigenvalue weighted by Gasteiger charge is -2.24. The molecule has 26 heavy (non-hydrogen) atoms. The summed E-state index contributed by atoms with van der Waals surface area (Å²) < 4.78 is 2.01. The number of fused-ring (bicyclic) bond motifs is 1. The molecule has 1 aliphatic heterocycles. The summed E-state index contributed by atoms with van der Waals surface area (Å²) in [4.78, 5) is 15.2. The molecule has 0 fully saturated rings. The van der Waals surface area contributed by atoms with Gasteiger partial charge in [0.1, 0.15) is 0 Å². The third-order valence-electron chi connectivity index (χ3n) is 5.18. The molecule has 3 nitrogen and oxygen atoms in total. The smallest absolute Gasteiger partial charge is 0.296 e. The van der Waals surface area contributed by atoms with E-state index in [-0.39, 0.29) is 18.0 Å². The molecule has 1 amide bonds. The Hall–Kier alpha value is -2.94. The van der Waals surface area contributed by atoms with Crippen molar-refractivity contribution in [3.05, 3.63) is 84.7 Å². The number of amides is 1. The molecule has 1 aliphatic rings. The highest BCUT2D eigenvalue weighted by molar-refractivity contribution is 5.97. The number of hydrogen-bond donors (Lipinski definition) is 0. The first kappa shape index (κ1) is 16.5. The topological polar surface area (TPSA) is 24.2 Å². The van der Waals surface area contributed by atoms with E-state index < -0.39 is 0 Å². The molecule has 0 saturated heterocycles. The van der Waals surface area contributed by atoms with Crippen LogP contribution in [0.5, 0.6) is 0 Å². The van der Waals surface area contributed by atoms with E-state index in [1.807, 2.05) is 59.0 Å². The number of carbonyl (C=O) groups is 1. The second kappa shape index (κ2) is 6.75. The zero-order valence-electron chi connectivity index (χ0n) is 15.2. The summed E-state index contributed by atoms with van der Waals surface area (Å²) in [5, 5.41) is 0. The van der Waals surface area contributed by atoms with Gasteiger partial charge >= 0.3 is 0 Å². The standard InChI is InChI=1S/C23H23N2O/c1-17-15-20-11-6-7-13-22(20)25(17)23(26)18(2)24-14-8-12-21(16-24)19-9-4-3-5-10-19/h3-14,16-18H,15H2,1-2H3/q+1/t17-,18-/m1/s1. The largest absolute Gasteiger partial charge is 0.303 e. The first-order valence-corrected chi connectivity index (χ1v) is 9.12. The average molecular weight is 343 g/mol. The van der Waals surface area contributed by atoms with Crippen molar-refractivity contribution in [2.75, 3.05) is 4.90 Å². The fourth-order valence-corrected chi connectivity index (χ4v) is 3.77. The number of aromatic nitrogens is 1. The zero-order chi connectivity index (χ0) is 18.1. The molecule has 0 saturated carbocycles. The summed E-state index contributed by atoms with van der Waals surface area (Å²) in [5.74, 6) is 0.137. The third-order valence-corrected chi connectivity index (χ3v) is 5.18. The number of benzene rings is 2. The molecule has 0 radical (unpaired) electrons. The number of pyridine rings is 1. The quantitative estimate of drug-likeness (QED) is 0.655. The summed E-state index contributed by atoms with van der Waals surface area (Å²) in [6, 6.07) is 22.5. The summed E-state index contributed by atoms with van der Waals surface area (Å²) in [5.41, 5.74) is 4.57. The molecule has 3 heteroatoms. The van der Waals surface area contributed by atoms with Crippen molar-refractivity contribution < 1.29 is 9.36 Å². The van der Waals surface area contributed by atoms with E-state index in [2.05, 4.69) is 43.5 Å². The molecule has 2 heterocycles. The predicted molar refractivity (Wildman–Crippen MR) is 104 cm³/mol. The summed E-state index contributed by atoms with van der Waals surface area (Å²) in [6.07, 6.45) is 4.95. The molecule has 0 aliphatic carbocycles. The molecule has 3 aromatic rings. The van der Waals surface area contributed by atoms with Crippen LogP contribution in [-0.4, -0.2) is 11.9 Å². The minimum atomic E-state index is -0.257. The average Bonchev–Trinajstić information content (AvgIpc) is 3.03. The summed E-state index contributed by atoms with van der Waals surface area (Å²) >= 11 is 0. The molecule has 0 spiro atoms. The van der Waals surface area contributed by atoms with E-state index in [1.165, 1.54) is 5.56 Å². The van der Waals surface area contributed by atoms with Gasteiger partial charge in [-0.25, -0.2) is 0 Å². The molecule has 1 aromatic heterocycles. The number of anilines is 1. The molecule has 0 unspecified atom stereocenters. The number of para-hydroxylation sites is 1. The maximum atomic E-state index is 13.3. The normalized spacial score (nSPS) is 17.0. The van der Waals surface area contributed by atoms with E-state index in [1.54, 1.807) is 0 Å². The van der Waals surface area contributed by atoms with Crippen molar-refractivity contribution in [2.45, 2.75) is 32.4 Å². The number of carbonyl (C=O) groups excluding carboxylic acids is 1. The highest BCUT2D eigenvalue weighted by Crippen LogP contribution is 2.33. The van der Waals surface area contributed by atoms with Crippen LogP contribution in [0.25, 0.3) is 11.1 Å². The SMILES string of the molecule is C[C@@H]1Cc2ccccc2N1C(=O)[C@@H](C)[n+]1cccc(-c2ccccc2)c1. The van der Waals surface area contributed by atoms with Crippen molar-refractivity contribution in [3.63, 3.8) is 0 Å². The van der Waals surface area contributed by atoms with Crippen molar-refractivity contribution >= 4 is 11.6 Å². The lowest BCUT2D eigenvalue weighted by Crippen LogP contribution is -2.49. The van der Waals surface area contributed by atoms with Gasteiger partial charge in [-0.15, -0.1) is 0 Å². The molecule has 2 atom stereocenters. The van der Waals surface area contributed by atoms with Crippen molar-refractivity contribution in [3.8, 4) is 11.1 Å². The van der Waals surface area contributed by atoms with E-state index in [0.29, 0.717) is 0 Å². The molecule has 130 valence electrons. The van der Waals surface area contributed by atoms with E-state index in [4.69, 9.17) is 0 Å². The van der Waals surface area contributed by atoms with Crippen LogP contribution in [0.1, 0.15) is 25.5 Å². The van der Waals surface area contributed by atoms with Crippen molar-refractivity contribution in [2.24, 2.45) is 0 Å². The minimum Gasteiger partial charge on any atom is -0.303 e. The van der Waals surface area contributed by atoms with Gasteiger partial charge in [0.05, 0.1) is 0 Å². The predicted octanol–water partition coefficient (Wildman–Crippen LogP) is 4.18. The Morgan fingerprint density at radius 3 is 2.50 bits per heavy atom. The van der Waals surface area contributed by atoms with E-state index in [0.717, 1.165) is 23.2 Å². The van der Waals surface area contributed by atoms with Gasteiger partial charge in [-0.2, -0.15) is 4.57 Å². The Morgan fingerprint density at radius 2 is 1.69 bits per heavy atom. The molecular formula is C23H23N2O+. The first-order chi connectivity index (χ1) is 12.6. The molecular weight excluding hydrogens is 320 g/mol. The van der Waals surface area contributed by atoms with Crippen molar-refractivity contribution in [1.82, 2.24) is 0 Å². The molecule has 0 N–H and O–H groups in total. The van der Waals surface area contributed by atoms with Crippen LogP contribution in [0.15, 0.2) is 79.1 Å². The second-order valence-corrected chi connectivity index (χ2v) is 6.97. The Kier molecular flexibility index (Phi) is 4.29. The van der Waals surface area contributed by atoms with Crippen LogP contribution >= 0.6 is 0 Å². The first-order valence-electron chi connectivity index (χ1n) is 9.12.